The van der Waals surface area contributed by atoms with Gasteiger partial charge in [-0.2, -0.15) is 4.98 Å². The van der Waals surface area contributed by atoms with E-state index < -0.39 is 5.92 Å². The van der Waals surface area contributed by atoms with Gasteiger partial charge in [-0.05, 0) is 24.3 Å². The van der Waals surface area contributed by atoms with E-state index in [0.717, 1.165) is 11.3 Å². The Labute approximate surface area is 162 Å². The van der Waals surface area contributed by atoms with E-state index in [-0.39, 0.29) is 18.2 Å². The molecule has 2 amide bonds. The number of carbonyl (C=O) groups is 2. The van der Waals surface area contributed by atoms with Gasteiger partial charge in [-0.25, -0.2) is 0 Å². The molecule has 2 heterocycles. The van der Waals surface area contributed by atoms with Crippen LogP contribution in [0.25, 0.3) is 11.4 Å². The number of hydrogen-bond acceptors (Lipinski definition) is 5. The lowest BCUT2D eigenvalue weighted by molar-refractivity contribution is -0.122. The van der Waals surface area contributed by atoms with Crippen molar-refractivity contribution in [3.05, 3.63) is 60.5 Å². The molecule has 1 aromatic heterocycles. The summed E-state index contributed by atoms with van der Waals surface area (Å²) in [4.78, 5) is 31.0. The van der Waals surface area contributed by atoms with E-state index in [9.17, 15) is 9.59 Å². The molecule has 4 rings (SSSR count). The fourth-order valence-corrected chi connectivity index (χ4v) is 3.24. The van der Waals surface area contributed by atoms with Crippen LogP contribution in [0.4, 0.5) is 11.4 Å². The van der Waals surface area contributed by atoms with Crippen molar-refractivity contribution in [2.45, 2.75) is 19.8 Å². The highest BCUT2D eigenvalue weighted by atomic mass is 16.5. The molecule has 0 unspecified atom stereocenters. The molecule has 28 heavy (non-hydrogen) atoms. The van der Waals surface area contributed by atoms with Crippen LogP contribution in [0.3, 0.4) is 0 Å². The van der Waals surface area contributed by atoms with Crippen LogP contribution in [0, 0.1) is 5.92 Å². The molecule has 1 atom stereocenters. The number of rotatable bonds is 5. The Morgan fingerprint density at radius 3 is 2.79 bits per heavy atom. The number of carbonyl (C=O) groups excluding carboxylic acids is 2. The van der Waals surface area contributed by atoms with Crippen LogP contribution in [0.15, 0.2) is 59.1 Å². The van der Waals surface area contributed by atoms with Gasteiger partial charge in [0, 0.05) is 36.3 Å². The van der Waals surface area contributed by atoms with Gasteiger partial charge in [0.05, 0.1) is 5.92 Å². The molecule has 142 valence electrons. The average molecular weight is 376 g/mol. The lowest BCUT2D eigenvalue weighted by Gasteiger charge is -2.16. The van der Waals surface area contributed by atoms with Gasteiger partial charge in [0.2, 0.25) is 23.5 Å². The third-order valence-electron chi connectivity index (χ3n) is 4.72. The minimum Gasteiger partial charge on any atom is -0.339 e. The van der Waals surface area contributed by atoms with Gasteiger partial charge in [0.25, 0.3) is 0 Å². The van der Waals surface area contributed by atoms with Crippen molar-refractivity contribution in [2.24, 2.45) is 5.92 Å². The first-order chi connectivity index (χ1) is 13.6. The number of nitrogens with zero attached hydrogens (tertiary/aromatic N) is 3. The van der Waals surface area contributed by atoms with Crippen molar-refractivity contribution in [3.63, 3.8) is 0 Å². The maximum absolute atomic E-state index is 12.7. The van der Waals surface area contributed by atoms with E-state index in [1.807, 2.05) is 49.4 Å². The van der Waals surface area contributed by atoms with Crippen LogP contribution < -0.4 is 10.2 Å². The smallest absolute Gasteiger partial charge is 0.229 e. The zero-order valence-electron chi connectivity index (χ0n) is 15.5. The van der Waals surface area contributed by atoms with Gasteiger partial charge >= 0.3 is 0 Å². The summed E-state index contributed by atoms with van der Waals surface area (Å²) < 4.78 is 5.14. The van der Waals surface area contributed by atoms with Crippen molar-refractivity contribution in [2.75, 3.05) is 16.8 Å². The van der Waals surface area contributed by atoms with Gasteiger partial charge in [-0.3, -0.25) is 9.59 Å². The van der Waals surface area contributed by atoms with Gasteiger partial charge in [-0.1, -0.05) is 42.4 Å². The summed E-state index contributed by atoms with van der Waals surface area (Å²) in [6.07, 6.45) is 0.863. The zero-order chi connectivity index (χ0) is 19.5. The second kappa shape index (κ2) is 7.64. The summed E-state index contributed by atoms with van der Waals surface area (Å²) in [5.41, 5.74) is 2.21. The number of benzene rings is 2. The summed E-state index contributed by atoms with van der Waals surface area (Å²) in [6, 6.07) is 16.7. The fraction of sp³-hybridized carbons (Fsp3) is 0.238. The first-order valence-corrected chi connectivity index (χ1v) is 9.23. The molecule has 0 bridgehead atoms. The standard InChI is InChI=1S/C21H20N4O3/c1-2-18-23-20(24-28-18)14-7-6-8-16(11-14)22-21(27)15-12-19(26)25(13-15)17-9-4-3-5-10-17/h3-11,15H,2,12-13H2,1H3,(H,22,27)/t15-/m1/s1. The lowest BCUT2D eigenvalue weighted by Crippen LogP contribution is -2.28. The predicted molar refractivity (Wildman–Crippen MR) is 105 cm³/mol. The van der Waals surface area contributed by atoms with Crippen LogP contribution in [0.5, 0.6) is 0 Å². The third-order valence-corrected chi connectivity index (χ3v) is 4.72. The maximum atomic E-state index is 12.7. The SMILES string of the molecule is CCc1nc(-c2cccc(NC(=O)[C@@H]3CC(=O)N(c4ccccc4)C3)c2)no1. The minimum absolute atomic E-state index is 0.0426. The molecule has 7 nitrogen and oxygen atoms in total. The second-order valence-corrected chi connectivity index (χ2v) is 6.68. The number of amides is 2. The van der Waals surface area contributed by atoms with Gasteiger partial charge in [-0.15, -0.1) is 0 Å². The van der Waals surface area contributed by atoms with E-state index in [4.69, 9.17) is 4.52 Å². The van der Waals surface area contributed by atoms with Gasteiger partial charge < -0.3 is 14.7 Å². The largest absolute Gasteiger partial charge is 0.339 e. The first kappa shape index (κ1) is 17.9. The van der Waals surface area contributed by atoms with E-state index in [1.165, 1.54) is 0 Å². The highest BCUT2D eigenvalue weighted by Crippen LogP contribution is 2.26. The first-order valence-electron chi connectivity index (χ1n) is 9.23. The van der Waals surface area contributed by atoms with Crippen LogP contribution >= 0.6 is 0 Å². The molecule has 0 radical (unpaired) electrons. The number of para-hydroxylation sites is 1. The van der Waals surface area contributed by atoms with Crippen molar-refractivity contribution < 1.29 is 14.1 Å². The summed E-state index contributed by atoms with van der Waals surface area (Å²) >= 11 is 0. The molecule has 0 spiro atoms. The van der Waals surface area contributed by atoms with Crippen LogP contribution in [0.2, 0.25) is 0 Å². The summed E-state index contributed by atoms with van der Waals surface area (Å²) in [7, 11) is 0. The Bertz CT molecular complexity index is 1000. The zero-order valence-corrected chi connectivity index (χ0v) is 15.5. The molecule has 1 fully saturated rings. The molecule has 1 saturated heterocycles. The number of aryl methyl sites for hydroxylation is 1. The third kappa shape index (κ3) is 3.64. The fourth-order valence-electron chi connectivity index (χ4n) is 3.24. The molecule has 1 aliphatic rings. The number of hydrogen-bond donors (Lipinski definition) is 1. The van der Waals surface area contributed by atoms with Gasteiger partial charge in [0.15, 0.2) is 0 Å². The van der Waals surface area contributed by atoms with Gasteiger partial charge in [0.1, 0.15) is 0 Å². The number of nitrogens with one attached hydrogen (secondary N) is 1. The lowest BCUT2D eigenvalue weighted by atomic mass is 10.1. The Morgan fingerprint density at radius 2 is 2.04 bits per heavy atom. The van der Waals surface area contributed by atoms with E-state index in [0.29, 0.717) is 30.4 Å². The molecule has 0 saturated carbocycles. The van der Waals surface area contributed by atoms with Crippen LogP contribution in [-0.4, -0.2) is 28.5 Å². The number of anilines is 2. The molecular formula is C21H20N4O3. The predicted octanol–water partition coefficient (Wildman–Crippen LogP) is 3.29. The van der Waals surface area contributed by atoms with Crippen LogP contribution in [-0.2, 0) is 16.0 Å². The highest BCUT2D eigenvalue weighted by Gasteiger charge is 2.35. The molecule has 1 aliphatic heterocycles. The highest BCUT2D eigenvalue weighted by molar-refractivity contribution is 6.03. The second-order valence-electron chi connectivity index (χ2n) is 6.68. The molecule has 1 N–H and O–H groups in total. The minimum atomic E-state index is -0.395. The molecule has 2 aromatic carbocycles. The Hall–Kier alpha value is -3.48. The van der Waals surface area contributed by atoms with E-state index in [2.05, 4.69) is 15.5 Å². The average Bonchev–Trinajstić information content (AvgIpc) is 3.36. The van der Waals surface area contributed by atoms with Crippen molar-refractivity contribution in [1.82, 2.24) is 10.1 Å². The van der Waals surface area contributed by atoms with E-state index >= 15 is 0 Å². The Kier molecular flexibility index (Phi) is 4.89. The normalized spacial score (nSPS) is 16.4. The number of aromatic nitrogens is 2. The van der Waals surface area contributed by atoms with Crippen molar-refractivity contribution in [3.8, 4) is 11.4 Å². The molecule has 0 aliphatic carbocycles. The Balaban J connectivity index is 1.45. The summed E-state index contributed by atoms with van der Waals surface area (Å²) in [5.74, 6) is 0.438. The van der Waals surface area contributed by atoms with Crippen molar-refractivity contribution in [1.29, 1.82) is 0 Å². The molecule has 7 heteroatoms. The molecule has 3 aromatic rings. The topological polar surface area (TPSA) is 88.3 Å². The van der Waals surface area contributed by atoms with Crippen LogP contribution in [0.1, 0.15) is 19.2 Å². The molecular weight excluding hydrogens is 356 g/mol. The summed E-state index contributed by atoms with van der Waals surface area (Å²) in [6.45, 7) is 2.31. The van der Waals surface area contributed by atoms with E-state index in [1.54, 1.807) is 17.0 Å². The van der Waals surface area contributed by atoms with Crippen molar-refractivity contribution >= 4 is 23.2 Å². The Morgan fingerprint density at radius 1 is 1.21 bits per heavy atom. The monoisotopic (exact) mass is 376 g/mol. The maximum Gasteiger partial charge on any atom is 0.229 e. The summed E-state index contributed by atoms with van der Waals surface area (Å²) in [5, 5.41) is 6.86. The quantitative estimate of drug-likeness (QED) is 0.738.